The summed E-state index contributed by atoms with van der Waals surface area (Å²) in [4.78, 5) is 15.6. The van der Waals surface area contributed by atoms with Crippen LogP contribution in [0, 0.1) is 0 Å². The number of aliphatic hydroxyl groups is 1. The minimum absolute atomic E-state index is 0.158. The molecule has 2 aliphatic heterocycles. The summed E-state index contributed by atoms with van der Waals surface area (Å²) in [6, 6.07) is 15.8. The molecular formula is C23H27N3O4. The number of carboxylic acid groups (broad SMARTS) is 1. The molecule has 0 spiro atoms. The van der Waals surface area contributed by atoms with Crippen molar-refractivity contribution in [2.24, 2.45) is 0 Å². The summed E-state index contributed by atoms with van der Waals surface area (Å²) < 4.78 is 8.29. The van der Waals surface area contributed by atoms with Crippen molar-refractivity contribution < 1.29 is 19.7 Å². The van der Waals surface area contributed by atoms with Crippen molar-refractivity contribution in [3.8, 4) is 11.4 Å². The first-order valence-corrected chi connectivity index (χ1v) is 10.3. The maximum atomic E-state index is 9.20. The molecule has 7 heteroatoms. The predicted octanol–water partition coefficient (Wildman–Crippen LogP) is 2.80. The zero-order valence-electron chi connectivity index (χ0n) is 16.8. The molecule has 1 aromatic heterocycles. The Morgan fingerprint density at radius 3 is 2.77 bits per heavy atom. The van der Waals surface area contributed by atoms with Crippen molar-refractivity contribution in [1.82, 2.24) is 14.5 Å². The largest absolute Gasteiger partial charge is 0.483 e. The van der Waals surface area contributed by atoms with E-state index in [1.165, 1.54) is 16.3 Å². The van der Waals surface area contributed by atoms with Gasteiger partial charge in [0.05, 0.1) is 12.7 Å². The molecule has 0 aliphatic carbocycles. The van der Waals surface area contributed by atoms with Crippen LogP contribution in [-0.4, -0.2) is 69.6 Å². The van der Waals surface area contributed by atoms with E-state index in [2.05, 4.69) is 58.1 Å². The molecule has 2 saturated heterocycles. The predicted molar refractivity (Wildman–Crippen MR) is 114 cm³/mol. The smallest absolute Gasteiger partial charge is 0.290 e. The quantitative estimate of drug-likeness (QED) is 0.645. The van der Waals surface area contributed by atoms with Gasteiger partial charge in [-0.1, -0.05) is 42.5 Å². The maximum absolute atomic E-state index is 9.20. The zero-order chi connectivity index (χ0) is 20.9. The molecule has 2 aliphatic rings. The second kappa shape index (κ2) is 9.38. The Bertz CT molecular complexity index is 984. The molecular weight excluding hydrogens is 382 g/mol. The number of benzene rings is 2. The van der Waals surface area contributed by atoms with Crippen molar-refractivity contribution in [3.63, 3.8) is 0 Å². The molecule has 0 bridgehead atoms. The Labute approximate surface area is 175 Å². The van der Waals surface area contributed by atoms with Crippen LogP contribution in [0.5, 0.6) is 0 Å². The van der Waals surface area contributed by atoms with Gasteiger partial charge in [-0.25, -0.2) is 4.98 Å². The maximum Gasteiger partial charge on any atom is 0.290 e. The highest BCUT2D eigenvalue weighted by atomic mass is 16.5. The van der Waals surface area contributed by atoms with Crippen LogP contribution in [0.1, 0.15) is 18.9 Å². The molecule has 2 N–H and O–H groups in total. The average Bonchev–Trinajstić information content (AvgIpc) is 3.40. The standard InChI is InChI=1S/C22H25N3O2.CH2O2/c26-11-8-19-14-24-13-17(12-18(24)15-27-19)25-10-9-23-22(25)21-7-3-5-16-4-1-2-6-20(16)21;2-1-3/h1-7,9-10,17-19,26H,8,11-15H2;1H,(H,2,3)/t17-,18+,19+;/m1./s1. The van der Waals surface area contributed by atoms with Crippen molar-refractivity contribution >= 4 is 17.2 Å². The molecule has 7 nitrogen and oxygen atoms in total. The lowest BCUT2D eigenvalue weighted by atomic mass is 10.0. The van der Waals surface area contributed by atoms with Gasteiger partial charge in [-0.2, -0.15) is 0 Å². The summed E-state index contributed by atoms with van der Waals surface area (Å²) in [6.45, 7) is 2.64. The first-order chi connectivity index (χ1) is 14.7. The van der Waals surface area contributed by atoms with Crippen molar-refractivity contribution in [2.45, 2.75) is 31.0 Å². The molecule has 0 unspecified atom stereocenters. The van der Waals surface area contributed by atoms with Crippen molar-refractivity contribution in [2.75, 3.05) is 26.3 Å². The third-order valence-electron chi connectivity index (χ3n) is 6.01. The number of imidazole rings is 1. The Balaban J connectivity index is 0.000000687. The van der Waals surface area contributed by atoms with Gasteiger partial charge in [-0.15, -0.1) is 0 Å². The normalized spacial score (nSPS) is 23.6. The summed E-state index contributed by atoms with van der Waals surface area (Å²) in [5, 5.41) is 18.6. The molecule has 3 atom stereocenters. The topological polar surface area (TPSA) is 87.8 Å². The molecule has 5 rings (SSSR count). The first-order valence-electron chi connectivity index (χ1n) is 10.3. The van der Waals surface area contributed by atoms with Crippen LogP contribution in [0.3, 0.4) is 0 Å². The van der Waals surface area contributed by atoms with E-state index in [0.717, 1.165) is 38.4 Å². The lowest BCUT2D eigenvalue weighted by molar-refractivity contribution is -0.122. The van der Waals surface area contributed by atoms with E-state index in [1.807, 2.05) is 6.20 Å². The first kappa shape index (κ1) is 20.5. The summed E-state index contributed by atoms with van der Waals surface area (Å²) in [6.07, 6.45) is 6.00. The number of aromatic nitrogens is 2. The fourth-order valence-electron chi connectivity index (χ4n) is 4.67. The van der Waals surface area contributed by atoms with E-state index < -0.39 is 0 Å². The Hall–Kier alpha value is -2.74. The minimum atomic E-state index is -0.250. The lowest BCUT2D eigenvalue weighted by Crippen LogP contribution is -2.46. The Morgan fingerprint density at radius 2 is 1.93 bits per heavy atom. The molecule has 30 heavy (non-hydrogen) atoms. The second-order valence-electron chi connectivity index (χ2n) is 7.76. The van der Waals surface area contributed by atoms with Gasteiger partial charge in [-0.05, 0) is 23.6 Å². The van der Waals surface area contributed by atoms with Gasteiger partial charge >= 0.3 is 0 Å². The number of nitrogens with zero attached hydrogens (tertiary/aromatic N) is 3. The SMILES string of the molecule is O=CO.OCC[C@H]1CN2C[C@H](n3ccnc3-c3cccc4ccccc34)C[C@H]2CO1. The number of rotatable bonds is 4. The van der Waals surface area contributed by atoms with Gasteiger partial charge in [0.2, 0.25) is 0 Å². The van der Waals surface area contributed by atoms with E-state index in [4.69, 9.17) is 19.6 Å². The highest BCUT2D eigenvalue weighted by Crippen LogP contribution is 2.35. The van der Waals surface area contributed by atoms with E-state index >= 15 is 0 Å². The summed E-state index contributed by atoms with van der Waals surface area (Å²) in [5.74, 6) is 1.05. The molecule has 3 aromatic rings. The number of hydrogen-bond donors (Lipinski definition) is 2. The molecule has 2 fully saturated rings. The molecule has 0 amide bonds. The van der Waals surface area contributed by atoms with Gasteiger partial charge in [-0.3, -0.25) is 9.69 Å². The fourth-order valence-corrected chi connectivity index (χ4v) is 4.67. The van der Waals surface area contributed by atoms with Gasteiger partial charge in [0, 0.05) is 49.7 Å². The van der Waals surface area contributed by atoms with E-state index in [-0.39, 0.29) is 19.2 Å². The van der Waals surface area contributed by atoms with Gasteiger partial charge in [0.1, 0.15) is 5.82 Å². The number of morpholine rings is 1. The lowest BCUT2D eigenvalue weighted by Gasteiger charge is -2.34. The van der Waals surface area contributed by atoms with Gasteiger partial charge in [0.15, 0.2) is 0 Å². The zero-order valence-corrected chi connectivity index (χ0v) is 16.8. The third kappa shape index (κ3) is 4.09. The molecule has 0 radical (unpaired) electrons. The highest BCUT2D eigenvalue weighted by Gasteiger charge is 2.38. The minimum Gasteiger partial charge on any atom is -0.483 e. The van der Waals surface area contributed by atoms with Crippen LogP contribution in [0.15, 0.2) is 54.9 Å². The van der Waals surface area contributed by atoms with Crippen LogP contribution in [0.4, 0.5) is 0 Å². The van der Waals surface area contributed by atoms with E-state index in [1.54, 1.807) is 0 Å². The van der Waals surface area contributed by atoms with Gasteiger partial charge < -0.3 is 19.5 Å². The molecule has 0 saturated carbocycles. The van der Waals surface area contributed by atoms with E-state index in [9.17, 15) is 5.11 Å². The van der Waals surface area contributed by atoms with E-state index in [0.29, 0.717) is 12.1 Å². The van der Waals surface area contributed by atoms with Crippen LogP contribution >= 0.6 is 0 Å². The number of aliphatic hydroxyl groups excluding tert-OH is 1. The number of carbonyl (C=O) groups is 1. The highest BCUT2D eigenvalue weighted by molar-refractivity contribution is 5.95. The molecule has 3 heterocycles. The van der Waals surface area contributed by atoms with Crippen molar-refractivity contribution in [1.29, 1.82) is 0 Å². The van der Waals surface area contributed by atoms with Gasteiger partial charge in [0.25, 0.3) is 6.47 Å². The average molecular weight is 409 g/mol. The summed E-state index contributed by atoms with van der Waals surface area (Å²) in [7, 11) is 0. The Kier molecular flexibility index (Phi) is 6.42. The van der Waals surface area contributed by atoms with Crippen LogP contribution in [0.25, 0.3) is 22.2 Å². The third-order valence-corrected chi connectivity index (χ3v) is 6.01. The monoisotopic (exact) mass is 409 g/mol. The number of ether oxygens (including phenoxy) is 1. The fraction of sp³-hybridized carbons (Fsp3) is 0.391. The summed E-state index contributed by atoms with van der Waals surface area (Å²) in [5.41, 5.74) is 1.19. The van der Waals surface area contributed by atoms with Crippen LogP contribution < -0.4 is 0 Å². The van der Waals surface area contributed by atoms with Crippen molar-refractivity contribution in [3.05, 3.63) is 54.9 Å². The molecule has 158 valence electrons. The second-order valence-corrected chi connectivity index (χ2v) is 7.76. The molecule has 2 aromatic carbocycles. The number of hydrogen-bond acceptors (Lipinski definition) is 5. The van der Waals surface area contributed by atoms with Crippen LogP contribution in [-0.2, 0) is 9.53 Å². The van der Waals surface area contributed by atoms with Crippen LogP contribution in [0.2, 0.25) is 0 Å². The number of fused-ring (bicyclic) bond motifs is 2. The Morgan fingerprint density at radius 1 is 1.13 bits per heavy atom. The summed E-state index contributed by atoms with van der Waals surface area (Å²) >= 11 is 0.